The van der Waals surface area contributed by atoms with Crippen molar-refractivity contribution in [2.75, 3.05) is 11.4 Å². The number of esters is 1. The van der Waals surface area contributed by atoms with Gasteiger partial charge in [0.2, 0.25) is 11.6 Å². The van der Waals surface area contributed by atoms with Crippen LogP contribution in [0.5, 0.6) is 0 Å². The van der Waals surface area contributed by atoms with Crippen molar-refractivity contribution in [1.29, 1.82) is 0 Å². The van der Waals surface area contributed by atoms with E-state index in [1.807, 2.05) is 50.2 Å². The Kier molecular flexibility index (Phi) is 5.12. The van der Waals surface area contributed by atoms with Crippen molar-refractivity contribution in [2.45, 2.75) is 39.0 Å². The van der Waals surface area contributed by atoms with E-state index >= 15 is 0 Å². The third-order valence-corrected chi connectivity index (χ3v) is 6.26. The summed E-state index contributed by atoms with van der Waals surface area (Å²) in [5, 5.41) is 0.997. The van der Waals surface area contributed by atoms with Gasteiger partial charge in [-0.05, 0) is 30.2 Å². The molecule has 2 amide bonds. The van der Waals surface area contributed by atoms with E-state index in [9.17, 15) is 14.4 Å². The first kappa shape index (κ1) is 21.1. The Morgan fingerprint density at radius 1 is 1.06 bits per heavy atom. The van der Waals surface area contributed by atoms with Crippen LogP contribution in [0.1, 0.15) is 42.7 Å². The highest BCUT2D eigenvalue weighted by Gasteiger charge is 2.61. The third kappa shape index (κ3) is 3.35. The van der Waals surface area contributed by atoms with Crippen LogP contribution in [0.3, 0.4) is 0 Å². The molecule has 2 aliphatic heterocycles. The largest absolute Gasteiger partial charge is 0.456 e. The van der Waals surface area contributed by atoms with Crippen LogP contribution in [-0.4, -0.2) is 39.9 Å². The molecule has 5 rings (SSSR count). The number of carbonyl (C=O) groups excluding carboxylic acids is 3. The van der Waals surface area contributed by atoms with E-state index in [-0.39, 0.29) is 37.2 Å². The number of rotatable bonds is 5. The Morgan fingerprint density at radius 2 is 1.82 bits per heavy atom. The number of hydrogen-bond acceptors (Lipinski definition) is 5. The van der Waals surface area contributed by atoms with Crippen LogP contribution in [0.25, 0.3) is 10.9 Å². The molecule has 1 unspecified atom stereocenters. The molecule has 0 aliphatic carbocycles. The highest BCUT2D eigenvalue weighted by molar-refractivity contribution is 6.15. The Balaban J connectivity index is 1.51. The lowest BCUT2D eigenvalue weighted by atomic mass is 9.95. The Bertz CT molecular complexity index is 1270. The normalized spacial score (nSPS) is 19.7. The van der Waals surface area contributed by atoms with Gasteiger partial charge in [0.25, 0.3) is 5.91 Å². The molecule has 0 bridgehead atoms. The molecule has 3 aromatic rings. The van der Waals surface area contributed by atoms with Gasteiger partial charge >= 0.3 is 5.97 Å². The summed E-state index contributed by atoms with van der Waals surface area (Å²) in [6, 6.07) is 18.4. The van der Waals surface area contributed by atoms with E-state index < -0.39 is 11.6 Å². The van der Waals surface area contributed by atoms with Gasteiger partial charge in [-0.3, -0.25) is 14.5 Å². The summed E-state index contributed by atoms with van der Waals surface area (Å²) in [5.74, 6) is -0.953. The zero-order valence-electron chi connectivity index (χ0n) is 18.7. The van der Waals surface area contributed by atoms with Crippen LogP contribution >= 0.6 is 0 Å². The summed E-state index contributed by atoms with van der Waals surface area (Å²) in [4.78, 5) is 47.8. The van der Waals surface area contributed by atoms with E-state index in [1.54, 1.807) is 24.3 Å². The third-order valence-electron chi connectivity index (χ3n) is 6.26. The van der Waals surface area contributed by atoms with E-state index in [0.29, 0.717) is 23.5 Å². The molecule has 1 fully saturated rings. The summed E-state index contributed by atoms with van der Waals surface area (Å²) >= 11 is 0. The van der Waals surface area contributed by atoms with Crippen LogP contribution in [0.2, 0.25) is 0 Å². The zero-order valence-corrected chi connectivity index (χ0v) is 18.7. The molecule has 1 atom stereocenters. The maximum atomic E-state index is 13.7. The molecule has 0 radical (unpaired) electrons. The molecule has 0 N–H and O–H groups in total. The van der Waals surface area contributed by atoms with Gasteiger partial charge in [-0.25, -0.2) is 9.78 Å². The number of anilines is 1. The highest BCUT2D eigenvalue weighted by atomic mass is 16.5. The second-order valence-electron chi connectivity index (χ2n) is 8.94. The van der Waals surface area contributed by atoms with Crippen LogP contribution in [0.4, 0.5) is 5.69 Å². The first-order valence-corrected chi connectivity index (χ1v) is 11.2. The van der Waals surface area contributed by atoms with Crippen molar-refractivity contribution < 1.29 is 19.1 Å². The fourth-order valence-corrected chi connectivity index (χ4v) is 4.81. The zero-order chi connectivity index (χ0) is 23.2. The summed E-state index contributed by atoms with van der Waals surface area (Å²) in [7, 11) is 0. The lowest BCUT2D eigenvalue weighted by molar-refractivity contribution is -0.159. The van der Waals surface area contributed by atoms with Gasteiger partial charge in [0.15, 0.2) is 0 Å². The molecule has 7 nitrogen and oxygen atoms in total. The molecular formula is C26H25N3O4. The number of benzene rings is 2. The van der Waals surface area contributed by atoms with Crippen molar-refractivity contribution >= 4 is 34.4 Å². The minimum Gasteiger partial charge on any atom is -0.456 e. The SMILES string of the molecule is CC(C)CN1C(=O)c2ccccc2N2C(=O)CCC12C(=O)OCc1ccc2ccccc2n1. The van der Waals surface area contributed by atoms with Crippen molar-refractivity contribution in [2.24, 2.45) is 5.92 Å². The molecule has 2 aromatic carbocycles. The molecule has 0 saturated carbocycles. The number of carbonyl (C=O) groups is 3. The van der Waals surface area contributed by atoms with E-state index in [1.165, 1.54) is 9.80 Å². The van der Waals surface area contributed by atoms with Gasteiger partial charge in [-0.1, -0.05) is 50.2 Å². The Hall–Kier alpha value is -3.74. The van der Waals surface area contributed by atoms with Gasteiger partial charge < -0.3 is 9.64 Å². The first-order chi connectivity index (χ1) is 15.9. The average molecular weight is 444 g/mol. The lowest BCUT2D eigenvalue weighted by Gasteiger charge is -2.48. The molecule has 1 aromatic heterocycles. The van der Waals surface area contributed by atoms with Gasteiger partial charge in [0.05, 0.1) is 22.5 Å². The van der Waals surface area contributed by atoms with Gasteiger partial charge in [-0.2, -0.15) is 0 Å². The minimum absolute atomic E-state index is 0.0429. The minimum atomic E-state index is -1.48. The number of aromatic nitrogens is 1. The molecular weight excluding hydrogens is 418 g/mol. The van der Waals surface area contributed by atoms with Crippen molar-refractivity contribution in [1.82, 2.24) is 9.88 Å². The second kappa shape index (κ2) is 7.99. The maximum absolute atomic E-state index is 13.7. The quantitative estimate of drug-likeness (QED) is 0.559. The van der Waals surface area contributed by atoms with Crippen molar-refractivity contribution in [3.8, 4) is 0 Å². The van der Waals surface area contributed by atoms with E-state index in [4.69, 9.17) is 4.74 Å². The van der Waals surface area contributed by atoms with Gasteiger partial charge in [0.1, 0.15) is 6.61 Å². The van der Waals surface area contributed by atoms with Crippen molar-refractivity contribution in [3.63, 3.8) is 0 Å². The van der Waals surface area contributed by atoms with Crippen LogP contribution in [-0.2, 0) is 20.9 Å². The lowest BCUT2D eigenvalue weighted by Crippen LogP contribution is -2.69. The standard InChI is InChI=1S/C26H25N3O4/c1-17(2)15-28-24(31)20-8-4-6-10-22(20)29-23(30)13-14-26(28,29)25(32)33-16-19-12-11-18-7-3-5-9-21(18)27-19/h3-12,17H,13-16H2,1-2H3. The topological polar surface area (TPSA) is 79.8 Å². The molecule has 1 saturated heterocycles. The monoisotopic (exact) mass is 443 g/mol. The van der Waals surface area contributed by atoms with E-state index in [0.717, 1.165) is 10.9 Å². The molecule has 168 valence electrons. The summed E-state index contributed by atoms with van der Waals surface area (Å²) in [6.07, 6.45) is 0.363. The highest BCUT2D eigenvalue weighted by Crippen LogP contribution is 2.45. The maximum Gasteiger partial charge on any atom is 0.354 e. The van der Waals surface area contributed by atoms with Gasteiger partial charge in [-0.15, -0.1) is 0 Å². The summed E-state index contributed by atoms with van der Waals surface area (Å²) in [6.45, 7) is 4.25. The van der Waals surface area contributed by atoms with Gasteiger partial charge in [0, 0.05) is 24.8 Å². The fourth-order valence-electron chi connectivity index (χ4n) is 4.81. The second-order valence-corrected chi connectivity index (χ2v) is 8.94. The van der Waals surface area contributed by atoms with Crippen molar-refractivity contribution in [3.05, 3.63) is 71.9 Å². The number of amides is 2. The molecule has 2 aliphatic rings. The summed E-state index contributed by atoms with van der Waals surface area (Å²) in [5.41, 5.74) is 0.820. The van der Waals surface area contributed by atoms with Crippen LogP contribution in [0.15, 0.2) is 60.7 Å². The number of ether oxygens (including phenoxy) is 1. The number of hydrogen-bond donors (Lipinski definition) is 0. The number of pyridine rings is 1. The summed E-state index contributed by atoms with van der Waals surface area (Å²) < 4.78 is 5.76. The number of para-hydroxylation sites is 2. The Labute approximate surface area is 192 Å². The fraction of sp³-hybridized carbons (Fsp3) is 0.308. The first-order valence-electron chi connectivity index (χ1n) is 11.2. The predicted molar refractivity (Wildman–Crippen MR) is 123 cm³/mol. The van der Waals surface area contributed by atoms with Crippen LogP contribution in [0, 0.1) is 5.92 Å². The predicted octanol–water partition coefficient (Wildman–Crippen LogP) is 3.91. The average Bonchev–Trinajstić information content (AvgIpc) is 3.18. The molecule has 3 heterocycles. The molecule has 0 spiro atoms. The number of fused-ring (bicyclic) bond motifs is 4. The van der Waals surface area contributed by atoms with E-state index in [2.05, 4.69) is 4.98 Å². The van der Waals surface area contributed by atoms with Crippen LogP contribution < -0.4 is 4.90 Å². The number of nitrogens with zero attached hydrogens (tertiary/aromatic N) is 3. The Morgan fingerprint density at radius 3 is 2.64 bits per heavy atom. The smallest absolute Gasteiger partial charge is 0.354 e. The molecule has 7 heteroatoms. The molecule has 33 heavy (non-hydrogen) atoms.